The van der Waals surface area contributed by atoms with Crippen LogP contribution < -0.4 is 11.5 Å². The molecule has 3 aromatic heterocycles. The molecule has 3 aromatic rings. The summed E-state index contributed by atoms with van der Waals surface area (Å²) in [5.41, 5.74) is 14.5. The van der Waals surface area contributed by atoms with Crippen molar-refractivity contribution >= 4 is 50.3 Å². The van der Waals surface area contributed by atoms with Crippen molar-refractivity contribution < 1.29 is 4.79 Å². The van der Waals surface area contributed by atoms with Crippen LogP contribution in [0, 0.1) is 22.2 Å². The zero-order valence-electron chi connectivity index (χ0n) is 17.9. The van der Waals surface area contributed by atoms with E-state index in [1.807, 2.05) is 22.4 Å². The van der Waals surface area contributed by atoms with Gasteiger partial charge in [0.1, 0.15) is 27.2 Å². The SMILES string of the molecule is CC12CCN(C(=O)c3sc4nc(N)c(C#N)c(-c5cccs5)c4c3N)C(C1)C(C)(C)C2. The molecule has 6 nitrogen and oxygen atoms in total. The van der Waals surface area contributed by atoms with E-state index in [1.54, 1.807) is 0 Å². The van der Waals surface area contributed by atoms with Crippen molar-refractivity contribution in [1.29, 1.82) is 5.26 Å². The Morgan fingerprint density at radius 3 is 2.81 bits per heavy atom. The number of carbonyl (C=O) groups excluding carboxylic acids is 1. The van der Waals surface area contributed by atoms with Gasteiger partial charge in [-0.1, -0.05) is 26.8 Å². The third-order valence-corrected chi connectivity index (χ3v) is 9.02. The summed E-state index contributed by atoms with van der Waals surface area (Å²) in [6, 6.07) is 6.24. The van der Waals surface area contributed by atoms with Gasteiger partial charge in [-0.25, -0.2) is 4.98 Å². The number of thiophene rings is 2. The molecule has 1 saturated heterocycles. The molecule has 5 rings (SSSR count). The van der Waals surface area contributed by atoms with E-state index >= 15 is 0 Å². The molecule has 2 fully saturated rings. The summed E-state index contributed by atoms with van der Waals surface area (Å²) in [5.74, 6) is 0.140. The summed E-state index contributed by atoms with van der Waals surface area (Å²) >= 11 is 2.80. The number of nitriles is 1. The number of hydrogen-bond donors (Lipinski definition) is 2. The van der Waals surface area contributed by atoms with Crippen LogP contribution in [0.2, 0.25) is 0 Å². The predicted molar refractivity (Wildman–Crippen MR) is 127 cm³/mol. The molecule has 4 heterocycles. The van der Waals surface area contributed by atoms with Gasteiger partial charge in [0.05, 0.1) is 5.69 Å². The first-order chi connectivity index (χ1) is 14.6. The molecule has 2 bridgehead atoms. The number of piperidine rings is 1. The first kappa shape index (κ1) is 20.3. The Morgan fingerprint density at radius 2 is 2.13 bits per heavy atom. The van der Waals surface area contributed by atoms with Gasteiger partial charge < -0.3 is 16.4 Å². The quantitative estimate of drug-likeness (QED) is 0.563. The lowest BCUT2D eigenvalue weighted by atomic mass is 9.81. The van der Waals surface area contributed by atoms with Crippen LogP contribution in [0.15, 0.2) is 17.5 Å². The second-order valence-corrected chi connectivity index (χ2v) is 11.8. The maximum atomic E-state index is 13.7. The van der Waals surface area contributed by atoms with Crippen LogP contribution in [0.3, 0.4) is 0 Å². The molecule has 1 saturated carbocycles. The van der Waals surface area contributed by atoms with Gasteiger partial charge in [-0.3, -0.25) is 4.79 Å². The Morgan fingerprint density at radius 1 is 1.35 bits per heavy atom. The predicted octanol–water partition coefficient (Wildman–Crippen LogP) is 5.10. The first-order valence-electron chi connectivity index (χ1n) is 10.4. The van der Waals surface area contributed by atoms with E-state index in [9.17, 15) is 10.1 Å². The molecule has 1 aliphatic carbocycles. The van der Waals surface area contributed by atoms with Crippen molar-refractivity contribution in [2.45, 2.75) is 46.1 Å². The monoisotopic (exact) mass is 451 g/mol. The Labute approximate surface area is 189 Å². The van der Waals surface area contributed by atoms with E-state index in [0.717, 1.165) is 30.7 Å². The zero-order valence-corrected chi connectivity index (χ0v) is 19.5. The van der Waals surface area contributed by atoms with Crippen LogP contribution in [-0.2, 0) is 0 Å². The number of nitrogens with two attached hydrogens (primary N) is 2. The molecule has 1 amide bonds. The second kappa shape index (κ2) is 6.68. The van der Waals surface area contributed by atoms with Crippen LogP contribution in [-0.4, -0.2) is 28.4 Å². The van der Waals surface area contributed by atoms with Crippen molar-refractivity contribution in [3.05, 3.63) is 28.0 Å². The number of nitrogen functional groups attached to an aromatic ring is 2. The zero-order chi connectivity index (χ0) is 22.1. The molecule has 31 heavy (non-hydrogen) atoms. The van der Waals surface area contributed by atoms with Crippen molar-refractivity contribution in [2.24, 2.45) is 10.8 Å². The smallest absolute Gasteiger partial charge is 0.266 e. The lowest BCUT2D eigenvalue weighted by molar-refractivity contribution is 0.0480. The highest BCUT2D eigenvalue weighted by atomic mass is 32.1. The number of likely N-dealkylation sites (tertiary alicyclic amines) is 1. The summed E-state index contributed by atoms with van der Waals surface area (Å²) in [6.45, 7) is 7.61. The van der Waals surface area contributed by atoms with E-state index < -0.39 is 0 Å². The summed E-state index contributed by atoms with van der Waals surface area (Å²) in [6.07, 6.45) is 3.16. The number of rotatable bonds is 2. The van der Waals surface area contributed by atoms with Gasteiger partial charge in [-0.15, -0.1) is 22.7 Å². The van der Waals surface area contributed by atoms with E-state index in [4.69, 9.17) is 11.5 Å². The lowest BCUT2D eigenvalue weighted by Gasteiger charge is -2.40. The van der Waals surface area contributed by atoms with Crippen LogP contribution in [0.4, 0.5) is 11.5 Å². The number of amides is 1. The summed E-state index contributed by atoms with van der Waals surface area (Å²) < 4.78 is 0. The molecule has 1 aliphatic heterocycles. The van der Waals surface area contributed by atoms with Crippen LogP contribution >= 0.6 is 22.7 Å². The molecular weight excluding hydrogens is 426 g/mol. The molecule has 0 spiro atoms. The Balaban J connectivity index is 1.66. The third kappa shape index (κ3) is 2.94. The molecular formula is C23H25N5OS2. The Bertz CT molecular complexity index is 1250. The average Bonchev–Trinajstić information content (AvgIpc) is 3.38. The first-order valence-corrected chi connectivity index (χ1v) is 12.1. The third-order valence-electron chi connectivity index (χ3n) is 7.04. The fourth-order valence-electron chi connectivity index (χ4n) is 5.78. The number of aromatic nitrogens is 1. The minimum Gasteiger partial charge on any atom is -0.397 e. The Kier molecular flexibility index (Phi) is 4.37. The van der Waals surface area contributed by atoms with Crippen molar-refractivity contribution in [1.82, 2.24) is 9.88 Å². The average molecular weight is 452 g/mol. The number of pyridine rings is 1. The van der Waals surface area contributed by atoms with Gasteiger partial charge in [0.15, 0.2) is 0 Å². The summed E-state index contributed by atoms with van der Waals surface area (Å²) in [5, 5.41) is 12.3. The molecule has 2 aliphatic rings. The van der Waals surface area contributed by atoms with Crippen LogP contribution in [0.5, 0.6) is 0 Å². The van der Waals surface area contributed by atoms with Crippen LogP contribution in [0.1, 0.15) is 55.3 Å². The van der Waals surface area contributed by atoms with Crippen molar-refractivity contribution in [3.8, 4) is 16.5 Å². The van der Waals surface area contributed by atoms with E-state index in [-0.39, 0.29) is 23.2 Å². The molecule has 0 aromatic carbocycles. The van der Waals surface area contributed by atoms with Gasteiger partial charge >= 0.3 is 0 Å². The fourth-order valence-corrected chi connectivity index (χ4v) is 7.64. The van der Waals surface area contributed by atoms with Gasteiger partial charge in [-0.05, 0) is 41.5 Å². The highest BCUT2D eigenvalue weighted by Crippen LogP contribution is 2.56. The number of anilines is 2. The Hall–Kier alpha value is -2.63. The van der Waals surface area contributed by atoms with Gasteiger partial charge in [-0.2, -0.15) is 5.26 Å². The second-order valence-electron chi connectivity index (χ2n) is 9.81. The molecule has 8 heteroatoms. The van der Waals surface area contributed by atoms with E-state index in [1.165, 1.54) is 22.7 Å². The minimum atomic E-state index is -0.0308. The maximum absolute atomic E-state index is 13.7. The van der Waals surface area contributed by atoms with E-state index in [2.05, 4.69) is 31.8 Å². The minimum absolute atomic E-state index is 0.0308. The molecule has 2 unspecified atom stereocenters. The van der Waals surface area contributed by atoms with Gasteiger partial charge in [0.25, 0.3) is 5.91 Å². The normalized spacial score (nSPS) is 24.5. The summed E-state index contributed by atoms with van der Waals surface area (Å²) in [4.78, 5) is 22.2. The number of carbonyl (C=O) groups is 1. The van der Waals surface area contributed by atoms with Gasteiger partial charge in [0.2, 0.25) is 0 Å². The standard InChI is InChI=1S/C23H25N5OS2/c1-22(2)11-23(3)6-7-28(14(22)9-23)21(29)18-17(25)16-15(13-5-4-8-30-13)12(10-24)19(26)27-20(16)31-18/h4-5,8,14H,6-7,9,11,25H2,1-3H3,(H2,26,27). The summed E-state index contributed by atoms with van der Waals surface area (Å²) in [7, 11) is 0. The highest BCUT2D eigenvalue weighted by Gasteiger charge is 2.53. The van der Waals surface area contributed by atoms with Crippen LogP contribution in [0.25, 0.3) is 20.7 Å². The number of fused-ring (bicyclic) bond motifs is 3. The molecule has 4 N–H and O–H groups in total. The molecule has 160 valence electrons. The van der Waals surface area contributed by atoms with E-state index in [0.29, 0.717) is 37.3 Å². The topological polar surface area (TPSA) is 109 Å². The highest BCUT2D eigenvalue weighted by molar-refractivity contribution is 7.21. The van der Waals surface area contributed by atoms with Crippen molar-refractivity contribution in [2.75, 3.05) is 18.0 Å². The van der Waals surface area contributed by atoms with Crippen molar-refractivity contribution in [3.63, 3.8) is 0 Å². The number of nitrogens with zero attached hydrogens (tertiary/aromatic N) is 3. The molecule has 2 atom stereocenters. The van der Waals surface area contributed by atoms with Gasteiger partial charge in [0, 0.05) is 28.4 Å². The fraction of sp³-hybridized carbons (Fsp3) is 0.435. The molecule has 0 radical (unpaired) electrons. The number of hydrogen-bond acceptors (Lipinski definition) is 7. The maximum Gasteiger partial charge on any atom is 0.266 e. The lowest BCUT2D eigenvalue weighted by Crippen LogP contribution is -2.48. The largest absolute Gasteiger partial charge is 0.397 e.